The Balaban J connectivity index is 2.38. The zero-order chi connectivity index (χ0) is 16.7. The SMILES string of the molecule is COC(=O)C(=O)c1c(C(=O)OC)nc2nnc(N)n2c1C1CC1. The second kappa shape index (κ2) is 5.30. The van der Waals surface area contributed by atoms with Gasteiger partial charge >= 0.3 is 11.9 Å². The fraction of sp³-hybridized carbons (Fsp3) is 0.385. The maximum atomic E-state index is 12.4. The van der Waals surface area contributed by atoms with E-state index in [4.69, 9.17) is 5.73 Å². The van der Waals surface area contributed by atoms with E-state index in [1.54, 1.807) is 0 Å². The first-order valence-corrected chi connectivity index (χ1v) is 6.75. The zero-order valence-electron chi connectivity index (χ0n) is 12.4. The van der Waals surface area contributed by atoms with Crippen LogP contribution in [0.3, 0.4) is 0 Å². The molecule has 0 radical (unpaired) electrons. The van der Waals surface area contributed by atoms with E-state index in [-0.39, 0.29) is 28.9 Å². The Hall–Kier alpha value is -3.04. The van der Waals surface area contributed by atoms with E-state index in [2.05, 4.69) is 24.7 Å². The third kappa shape index (κ3) is 2.28. The quantitative estimate of drug-likeness (QED) is 0.458. The van der Waals surface area contributed by atoms with E-state index in [9.17, 15) is 14.4 Å². The van der Waals surface area contributed by atoms with Gasteiger partial charge in [0.05, 0.1) is 19.8 Å². The largest absolute Gasteiger partial charge is 0.464 e. The number of esters is 2. The second-order valence-corrected chi connectivity index (χ2v) is 5.00. The smallest absolute Gasteiger partial charge is 0.379 e. The number of nitrogen functional groups attached to an aromatic ring is 1. The van der Waals surface area contributed by atoms with Crippen molar-refractivity contribution in [3.05, 3.63) is 17.0 Å². The van der Waals surface area contributed by atoms with Crippen molar-refractivity contribution in [3.8, 4) is 0 Å². The lowest BCUT2D eigenvalue weighted by Gasteiger charge is -2.13. The summed E-state index contributed by atoms with van der Waals surface area (Å²) in [4.78, 5) is 40.1. The van der Waals surface area contributed by atoms with Crippen LogP contribution in [-0.2, 0) is 14.3 Å². The molecule has 0 bridgehead atoms. The van der Waals surface area contributed by atoms with Crippen LogP contribution >= 0.6 is 0 Å². The number of carbonyl (C=O) groups is 3. The highest BCUT2D eigenvalue weighted by molar-refractivity contribution is 6.42. The standard InChI is InChI=1S/C13H13N5O5/c1-22-10(20)7-6(9(19)11(21)23-2)8(5-3-4-5)18-12(14)16-17-13(18)15-7/h5H,3-4H2,1-2H3,(H2,14,16). The van der Waals surface area contributed by atoms with Crippen molar-refractivity contribution in [2.75, 3.05) is 20.0 Å². The highest BCUT2D eigenvalue weighted by atomic mass is 16.5. The number of ether oxygens (including phenoxy) is 2. The third-order valence-corrected chi connectivity index (χ3v) is 3.56. The van der Waals surface area contributed by atoms with Crippen molar-refractivity contribution in [2.24, 2.45) is 0 Å². The molecule has 1 aliphatic carbocycles. The van der Waals surface area contributed by atoms with E-state index < -0.39 is 17.7 Å². The van der Waals surface area contributed by atoms with Crippen molar-refractivity contribution in [2.45, 2.75) is 18.8 Å². The Morgan fingerprint density at radius 3 is 2.43 bits per heavy atom. The number of nitrogens with zero attached hydrogens (tertiary/aromatic N) is 4. The number of ketones is 1. The summed E-state index contributed by atoms with van der Waals surface area (Å²) in [6, 6.07) is 0. The lowest BCUT2D eigenvalue weighted by atomic mass is 10.0. The summed E-state index contributed by atoms with van der Waals surface area (Å²) in [7, 11) is 2.23. The van der Waals surface area contributed by atoms with Crippen LogP contribution in [0.15, 0.2) is 0 Å². The van der Waals surface area contributed by atoms with Gasteiger partial charge in [0.1, 0.15) is 0 Å². The van der Waals surface area contributed by atoms with Crippen molar-refractivity contribution in [1.82, 2.24) is 19.6 Å². The molecule has 3 rings (SSSR count). The maximum Gasteiger partial charge on any atom is 0.379 e. The summed E-state index contributed by atoms with van der Waals surface area (Å²) >= 11 is 0. The number of methoxy groups -OCH3 is 2. The number of nitrogens with two attached hydrogens (primary N) is 1. The van der Waals surface area contributed by atoms with Gasteiger partial charge in [0.25, 0.3) is 11.6 Å². The number of carbonyl (C=O) groups excluding carboxylic acids is 3. The minimum atomic E-state index is -1.11. The van der Waals surface area contributed by atoms with Crippen LogP contribution in [0.25, 0.3) is 5.78 Å². The molecule has 2 heterocycles. The van der Waals surface area contributed by atoms with Gasteiger partial charge in [-0.25, -0.2) is 19.0 Å². The van der Waals surface area contributed by atoms with Gasteiger partial charge in [-0.05, 0) is 12.8 Å². The normalized spacial score (nSPS) is 13.8. The highest BCUT2D eigenvalue weighted by Gasteiger charge is 2.38. The molecule has 0 amide bonds. The number of hydrogen-bond acceptors (Lipinski definition) is 9. The average molecular weight is 319 g/mol. The molecule has 120 valence electrons. The summed E-state index contributed by atoms with van der Waals surface area (Å²) < 4.78 is 10.5. The predicted octanol–water partition coefficient (Wildman–Crippen LogP) is -0.274. The number of hydrogen-bond donors (Lipinski definition) is 1. The molecular weight excluding hydrogens is 306 g/mol. The van der Waals surface area contributed by atoms with Gasteiger partial charge in [-0.1, -0.05) is 0 Å². The number of Topliss-reactive ketones (excluding diaryl/α,β-unsaturated/α-hetero) is 1. The lowest BCUT2D eigenvalue weighted by molar-refractivity contribution is -0.135. The topological polar surface area (TPSA) is 139 Å². The summed E-state index contributed by atoms with van der Waals surface area (Å²) in [6.07, 6.45) is 1.55. The van der Waals surface area contributed by atoms with Crippen LogP contribution < -0.4 is 5.73 Å². The van der Waals surface area contributed by atoms with Crippen LogP contribution in [0.4, 0.5) is 5.95 Å². The lowest BCUT2D eigenvalue weighted by Crippen LogP contribution is -2.25. The Morgan fingerprint density at radius 2 is 1.87 bits per heavy atom. The fourth-order valence-corrected chi connectivity index (χ4v) is 2.39. The molecular formula is C13H13N5O5. The summed E-state index contributed by atoms with van der Waals surface area (Å²) in [5.74, 6) is -2.92. The van der Waals surface area contributed by atoms with E-state index in [1.165, 1.54) is 4.40 Å². The van der Waals surface area contributed by atoms with Gasteiger partial charge < -0.3 is 15.2 Å². The van der Waals surface area contributed by atoms with Gasteiger partial charge in [0.2, 0.25) is 5.95 Å². The minimum absolute atomic E-state index is 0.0183. The molecule has 2 aromatic heterocycles. The maximum absolute atomic E-state index is 12.4. The molecule has 2 aromatic rings. The van der Waals surface area contributed by atoms with Crippen molar-refractivity contribution < 1.29 is 23.9 Å². The number of fused-ring (bicyclic) bond motifs is 1. The molecule has 23 heavy (non-hydrogen) atoms. The second-order valence-electron chi connectivity index (χ2n) is 5.00. The van der Waals surface area contributed by atoms with Crippen LogP contribution in [0.2, 0.25) is 0 Å². The molecule has 1 aliphatic rings. The van der Waals surface area contributed by atoms with E-state index in [1.807, 2.05) is 0 Å². The van der Waals surface area contributed by atoms with E-state index in [0.29, 0.717) is 5.69 Å². The van der Waals surface area contributed by atoms with E-state index in [0.717, 1.165) is 27.1 Å². The summed E-state index contributed by atoms with van der Waals surface area (Å²) in [6.45, 7) is 0. The van der Waals surface area contributed by atoms with Gasteiger partial charge in [0, 0.05) is 11.6 Å². The number of anilines is 1. The average Bonchev–Trinajstić information content (AvgIpc) is 3.34. The Labute approximate surface area is 129 Å². The molecule has 0 atom stereocenters. The molecule has 0 saturated heterocycles. The first kappa shape index (κ1) is 14.9. The van der Waals surface area contributed by atoms with Crippen molar-refractivity contribution in [3.63, 3.8) is 0 Å². The van der Waals surface area contributed by atoms with Gasteiger partial charge in [-0.2, -0.15) is 0 Å². The first-order chi connectivity index (χ1) is 11.0. The monoisotopic (exact) mass is 319 g/mol. The summed E-state index contributed by atoms with van der Waals surface area (Å²) in [5.41, 5.74) is 5.69. The first-order valence-electron chi connectivity index (χ1n) is 6.75. The Morgan fingerprint density at radius 1 is 1.17 bits per heavy atom. The molecule has 1 saturated carbocycles. The van der Waals surface area contributed by atoms with Crippen molar-refractivity contribution in [1.29, 1.82) is 0 Å². The van der Waals surface area contributed by atoms with Crippen LogP contribution in [0, 0.1) is 0 Å². The number of rotatable bonds is 4. The zero-order valence-corrected chi connectivity index (χ0v) is 12.4. The van der Waals surface area contributed by atoms with Crippen LogP contribution in [0.5, 0.6) is 0 Å². The van der Waals surface area contributed by atoms with Gasteiger partial charge in [-0.15, -0.1) is 10.2 Å². The minimum Gasteiger partial charge on any atom is -0.464 e. The van der Waals surface area contributed by atoms with Gasteiger partial charge in [-0.3, -0.25) is 4.79 Å². The number of aromatic nitrogens is 4. The molecule has 0 spiro atoms. The molecule has 10 nitrogen and oxygen atoms in total. The van der Waals surface area contributed by atoms with Crippen LogP contribution in [-0.4, -0.2) is 51.5 Å². The molecule has 0 aromatic carbocycles. The highest BCUT2D eigenvalue weighted by Crippen LogP contribution is 2.43. The Bertz CT molecular complexity index is 839. The van der Waals surface area contributed by atoms with Crippen molar-refractivity contribution >= 4 is 29.4 Å². The van der Waals surface area contributed by atoms with E-state index >= 15 is 0 Å². The molecule has 10 heteroatoms. The third-order valence-electron chi connectivity index (χ3n) is 3.56. The Kier molecular flexibility index (Phi) is 3.43. The molecule has 0 aliphatic heterocycles. The van der Waals surface area contributed by atoms with Crippen LogP contribution in [0.1, 0.15) is 45.3 Å². The summed E-state index contributed by atoms with van der Waals surface area (Å²) in [5, 5.41) is 7.48. The molecule has 2 N–H and O–H groups in total. The molecule has 1 fully saturated rings. The van der Waals surface area contributed by atoms with Gasteiger partial charge in [0.15, 0.2) is 5.69 Å². The predicted molar refractivity (Wildman–Crippen MR) is 74.9 cm³/mol. The molecule has 0 unspecified atom stereocenters. The fourth-order valence-electron chi connectivity index (χ4n) is 2.39.